The smallest absolute Gasteiger partial charge is 0.355 e. The number of H-pyrrole nitrogens is 2. The molecule has 0 aliphatic heterocycles. The molecule has 0 saturated carbocycles. The third kappa shape index (κ3) is 6.21. The standard InChI is InChI=1S/C17H15NO4S.C11H10BrNO4S/c1-22-17(19)16-15(11-6-4-3-5-7-11)13-10-12(23(2,20)21)8-9-14(13)18-16;1-17-11(14)10-9(12)7-5-6(18(2,15)16)3-4-8(7)13-10/h3-10,18H,1-2H3;3-5,13H,1-2H3. The lowest BCUT2D eigenvalue weighted by Gasteiger charge is -2.04. The normalized spacial score (nSPS) is 11.6. The van der Waals surface area contributed by atoms with Crippen molar-refractivity contribution in [3.63, 3.8) is 0 Å². The van der Waals surface area contributed by atoms with Crippen LogP contribution in [0.5, 0.6) is 0 Å². The van der Waals surface area contributed by atoms with Crippen molar-refractivity contribution in [2.75, 3.05) is 26.7 Å². The predicted molar refractivity (Wildman–Crippen MR) is 159 cm³/mol. The van der Waals surface area contributed by atoms with Crippen LogP contribution in [0.2, 0.25) is 0 Å². The Kier molecular flexibility index (Phi) is 8.43. The Balaban J connectivity index is 0.000000195. The summed E-state index contributed by atoms with van der Waals surface area (Å²) in [6.45, 7) is 0. The van der Waals surface area contributed by atoms with Crippen LogP contribution in [0.25, 0.3) is 32.9 Å². The van der Waals surface area contributed by atoms with Gasteiger partial charge in [0.1, 0.15) is 11.4 Å². The second-order valence-electron chi connectivity index (χ2n) is 9.00. The van der Waals surface area contributed by atoms with Crippen LogP contribution in [0, 0.1) is 0 Å². The van der Waals surface area contributed by atoms with E-state index in [4.69, 9.17) is 4.74 Å². The van der Waals surface area contributed by atoms with Crippen molar-refractivity contribution in [2.45, 2.75) is 9.79 Å². The van der Waals surface area contributed by atoms with E-state index >= 15 is 0 Å². The third-order valence-corrected chi connectivity index (χ3v) is 9.22. The Bertz CT molecular complexity index is 2010. The van der Waals surface area contributed by atoms with Gasteiger partial charge < -0.3 is 19.4 Å². The number of carbonyl (C=O) groups is 2. The highest BCUT2D eigenvalue weighted by Crippen LogP contribution is 2.34. The van der Waals surface area contributed by atoms with Gasteiger partial charge in [-0.1, -0.05) is 30.3 Å². The highest BCUT2D eigenvalue weighted by Gasteiger charge is 2.21. The van der Waals surface area contributed by atoms with Gasteiger partial charge in [0.2, 0.25) is 0 Å². The number of methoxy groups -OCH3 is 2. The molecule has 0 amide bonds. The van der Waals surface area contributed by atoms with Crippen LogP contribution in [0.4, 0.5) is 0 Å². The molecule has 0 spiro atoms. The lowest BCUT2D eigenvalue weighted by atomic mass is 10.0. The fourth-order valence-corrected chi connectivity index (χ4v) is 6.06. The molecule has 2 aromatic heterocycles. The largest absolute Gasteiger partial charge is 0.464 e. The van der Waals surface area contributed by atoms with Crippen molar-refractivity contribution < 1.29 is 35.9 Å². The van der Waals surface area contributed by atoms with Gasteiger partial charge >= 0.3 is 11.9 Å². The number of aromatic amines is 2. The van der Waals surface area contributed by atoms with Gasteiger partial charge in [-0.05, 0) is 57.9 Å². The fraction of sp³-hybridized carbons (Fsp3) is 0.143. The van der Waals surface area contributed by atoms with Crippen molar-refractivity contribution >= 4 is 69.3 Å². The first kappa shape index (κ1) is 30.0. The second kappa shape index (κ2) is 11.5. The molecular weight excluding hydrogens is 636 g/mol. The summed E-state index contributed by atoms with van der Waals surface area (Å²) in [5.41, 5.74) is 3.35. The maximum Gasteiger partial charge on any atom is 0.355 e. The van der Waals surface area contributed by atoms with Crippen LogP contribution in [-0.4, -0.2) is 65.5 Å². The van der Waals surface area contributed by atoms with E-state index in [1.54, 1.807) is 18.2 Å². The van der Waals surface area contributed by atoms with E-state index < -0.39 is 31.6 Å². The molecule has 5 rings (SSSR count). The highest BCUT2D eigenvalue weighted by molar-refractivity contribution is 9.10. The molecule has 5 aromatic rings. The van der Waals surface area contributed by atoms with Gasteiger partial charge in [0.05, 0.1) is 28.5 Å². The zero-order chi connectivity index (χ0) is 30.1. The number of benzene rings is 3. The predicted octanol–water partition coefficient (Wildman–Crippen LogP) is 5.15. The summed E-state index contributed by atoms with van der Waals surface area (Å²) in [5.74, 6) is -1.01. The van der Waals surface area contributed by atoms with Crippen molar-refractivity contribution in [3.05, 3.63) is 82.6 Å². The molecule has 0 aliphatic carbocycles. The molecule has 0 bridgehead atoms. The van der Waals surface area contributed by atoms with Crippen molar-refractivity contribution in [3.8, 4) is 11.1 Å². The Morgan fingerprint density at radius 3 is 1.66 bits per heavy atom. The monoisotopic (exact) mass is 660 g/mol. The van der Waals surface area contributed by atoms with E-state index in [-0.39, 0.29) is 15.5 Å². The van der Waals surface area contributed by atoms with Gasteiger partial charge in [-0.15, -0.1) is 0 Å². The molecule has 2 N–H and O–H groups in total. The maximum absolute atomic E-state index is 12.1. The number of hydrogen-bond acceptors (Lipinski definition) is 8. The van der Waals surface area contributed by atoms with Crippen LogP contribution in [0.1, 0.15) is 21.0 Å². The Morgan fingerprint density at radius 2 is 1.15 bits per heavy atom. The van der Waals surface area contributed by atoms with Crippen LogP contribution >= 0.6 is 15.9 Å². The number of halogens is 1. The Morgan fingerprint density at radius 1 is 0.683 bits per heavy atom. The summed E-state index contributed by atoms with van der Waals surface area (Å²) in [7, 11) is -4.03. The van der Waals surface area contributed by atoms with Crippen LogP contribution in [0.15, 0.2) is 81.0 Å². The topological polar surface area (TPSA) is 152 Å². The number of esters is 2. The van der Waals surface area contributed by atoms with Gasteiger partial charge in [0.25, 0.3) is 0 Å². The molecule has 0 radical (unpaired) electrons. The molecule has 13 heteroatoms. The van der Waals surface area contributed by atoms with Gasteiger partial charge in [0, 0.05) is 39.9 Å². The van der Waals surface area contributed by atoms with Crippen LogP contribution in [-0.2, 0) is 29.1 Å². The summed E-state index contributed by atoms with van der Waals surface area (Å²) in [5, 5.41) is 1.29. The maximum atomic E-state index is 12.1. The van der Waals surface area contributed by atoms with Crippen LogP contribution < -0.4 is 0 Å². The first-order chi connectivity index (χ1) is 19.3. The van der Waals surface area contributed by atoms with Gasteiger partial charge in [0.15, 0.2) is 19.7 Å². The number of sulfone groups is 2. The summed E-state index contributed by atoms with van der Waals surface area (Å²) in [6.07, 6.45) is 2.29. The molecule has 0 atom stereocenters. The minimum atomic E-state index is -3.34. The van der Waals surface area contributed by atoms with Crippen LogP contribution in [0.3, 0.4) is 0 Å². The quantitative estimate of drug-likeness (QED) is 0.246. The minimum absolute atomic E-state index is 0.200. The Hall–Kier alpha value is -3.94. The van der Waals surface area contributed by atoms with Gasteiger partial charge in [-0.2, -0.15) is 0 Å². The SMILES string of the molecule is COC(=O)c1[nH]c2ccc(S(C)(=O)=O)cc2c1-c1ccccc1.COC(=O)c1[nH]c2ccc(S(C)(=O)=O)cc2c1Br. The molecule has 41 heavy (non-hydrogen) atoms. The number of aromatic nitrogens is 2. The summed E-state index contributed by atoms with van der Waals surface area (Å²) >= 11 is 3.27. The van der Waals surface area contributed by atoms with Crippen molar-refractivity contribution in [2.24, 2.45) is 0 Å². The zero-order valence-electron chi connectivity index (χ0n) is 22.3. The number of carbonyl (C=O) groups excluding carboxylic acids is 2. The minimum Gasteiger partial charge on any atom is -0.464 e. The lowest BCUT2D eigenvalue weighted by molar-refractivity contribution is 0.0586. The average molecular weight is 662 g/mol. The zero-order valence-corrected chi connectivity index (χ0v) is 25.5. The summed E-state index contributed by atoms with van der Waals surface area (Å²) in [6, 6.07) is 18.7. The van der Waals surface area contributed by atoms with E-state index in [0.29, 0.717) is 37.5 Å². The number of fused-ring (bicyclic) bond motifs is 2. The lowest BCUT2D eigenvalue weighted by Crippen LogP contribution is -2.03. The molecule has 214 valence electrons. The van der Waals surface area contributed by atoms with E-state index in [2.05, 4.69) is 30.6 Å². The summed E-state index contributed by atoms with van der Waals surface area (Å²) in [4.78, 5) is 29.9. The molecule has 10 nitrogen and oxygen atoms in total. The molecule has 2 heterocycles. The second-order valence-corrected chi connectivity index (χ2v) is 13.8. The number of ether oxygens (including phenoxy) is 2. The third-order valence-electron chi connectivity index (χ3n) is 6.17. The van der Waals surface area contributed by atoms with E-state index in [0.717, 1.165) is 18.1 Å². The Labute approximate surface area is 244 Å². The molecule has 0 saturated heterocycles. The molecule has 0 aliphatic rings. The number of rotatable bonds is 5. The van der Waals surface area contributed by atoms with Gasteiger partial charge in [-0.3, -0.25) is 0 Å². The first-order valence-electron chi connectivity index (χ1n) is 11.9. The molecule has 0 fully saturated rings. The number of nitrogens with one attached hydrogen (secondary N) is 2. The molecule has 3 aromatic carbocycles. The molecular formula is C28H25BrN2O8S2. The average Bonchev–Trinajstić information content (AvgIpc) is 3.49. The summed E-state index contributed by atoms with van der Waals surface area (Å²) < 4.78 is 56.5. The van der Waals surface area contributed by atoms with E-state index in [1.165, 1.54) is 32.4 Å². The molecule has 0 unspecified atom stereocenters. The first-order valence-corrected chi connectivity index (χ1v) is 16.4. The highest BCUT2D eigenvalue weighted by atomic mass is 79.9. The van der Waals surface area contributed by atoms with E-state index in [1.807, 2.05) is 30.3 Å². The van der Waals surface area contributed by atoms with Gasteiger partial charge in [-0.25, -0.2) is 26.4 Å². The van der Waals surface area contributed by atoms with Crippen molar-refractivity contribution in [1.29, 1.82) is 0 Å². The fourth-order valence-electron chi connectivity index (χ4n) is 4.17. The van der Waals surface area contributed by atoms with Crippen molar-refractivity contribution in [1.82, 2.24) is 9.97 Å². The van der Waals surface area contributed by atoms with E-state index in [9.17, 15) is 26.4 Å². The number of hydrogen-bond donors (Lipinski definition) is 2.